The van der Waals surface area contributed by atoms with Gasteiger partial charge in [-0.05, 0) is 49.9 Å². The van der Waals surface area contributed by atoms with Crippen molar-refractivity contribution in [3.8, 4) is 0 Å². The van der Waals surface area contributed by atoms with Gasteiger partial charge in [0.2, 0.25) is 0 Å². The number of benzene rings is 2. The van der Waals surface area contributed by atoms with Gasteiger partial charge in [-0.3, -0.25) is 0 Å². The largest absolute Gasteiger partial charge is 0.336 e. The highest BCUT2D eigenvalue weighted by Gasteiger charge is 2.49. The van der Waals surface area contributed by atoms with Crippen molar-refractivity contribution in [2.45, 2.75) is 63.8 Å². The van der Waals surface area contributed by atoms with E-state index in [-0.39, 0.29) is 5.41 Å². The first kappa shape index (κ1) is 16.4. The van der Waals surface area contributed by atoms with Gasteiger partial charge in [-0.1, -0.05) is 49.6 Å². The van der Waals surface area contributed by atoms with Crippen LogP contribution in [0.4, 0.5) is 11.4 Å². The second-order valence-corrected chi connectivity index (χ2v) is 8.87. The predicted octanol–water partition coefficient (Wildman–Crippen LogP) is 6.11. The number of imidazole rings is 1. The van der Waals surface area contributed by atoms with Crippen molar-refractivity contribution >= 4 is 28.6 Å². The van der Waals surface area contributed by atoms with Crippen molar-refractivity contribution in [2.75, 3.05) is 4.90 Å². The Bertz CT molecular complexity index is 1110. The zero-order chi connectivity index (χ0) is 18.9. The van der Waals surface area contributed by atoms with Crippen molar-refractivity contribution in [1.29, 1.82) is 0 Å². The SMILES string of the molecule is Cc1ccc2nc3n(c2c1N1c2ccccc2C2(CCCCC2)C1C)C=CC3. The minimum atomic E-state index is 0.285. The first-order chi connectivity index (χ1) is 13.7. The fraction of sp³-hybridized carbons (Fsp3) is 0.400. The third kappa shape index (κ3) is 1.97. The van der Waals surface area contributed by atoms with E-state index in [0.717, 1.165) is 17.8 Å². The molecule has 6 rings (SSSR count). The van der Waals surface area contributed by atoms with E-state index in [9.17, 15) is 0 Å². The Morgan fingerprint density at radius 3 is 2.71 bits per heavy atom. The van der Waals surface area contributed by atoms with Gasteiger partial charge in [0.15, 0.2) is 0 Å². The van der Waals surface area contributed by atoms with Gasteiger partial charge >= 0.3 is 0 Å². The molecule has 2 aliphatic heterocycles. The van der Waals surface area contributed by atoms with Crippen molar-refractivity contribution < 1.29 is 0 Å². The van der Waals surface area contributed by atoms with Gasteiger partial charge in [0.05, 0.1) is 16.7 Å². The molecule has 3 heterocycles. The third-order valence-corrected chi connectivity index (χ3v) is 7.53. The van der Waals surface area contributed by atoms with E-state index in [1.54, 1.807) is 5.56 Å². The number of aromatic nitrogens is 2. The highest BCUT2D eigenvalue weighted by atomic mass is 15.2. The molecule has 1 spiro atoms. The van der Waals surface area contributed by atoms with Crippen molar-refractivity contribution in [1.82, 2.24) is 9.55 Å². The molecule has 1 aliphatic carbocycles. The summed E-state index contributed by atoms with van der Waals surface area (Å²) in [6, 6.07) is 14.1. The van der Waals surface area contributed by atoms with E-state index in [0.29, 0.717) is 6.04 Å². The van der Waals surface area contributed by atoms with Crippen molar-refractivity contribution in [3.05, 3.63) is 59.4 Å². The number of para-hydroxylation sites is 1. The summed E-state index contributed by atoms with van der Waals surface area (Å²) in [5.41, 5.74) is 8.34. The van der Waals surface area contributed by atoms with Crippen LogP contribution in [0.25, 0.3) is 17.2 Å². The molecule has 0 bridgehead atoms. The number of rotatable bonds is 1. The topological polar surface area (TPSA) is 21.1 Å². The zero-order valence-electron chi connectivity index (χ0n) is 16.8. The normalized spacial score (nSPS) is 22.2. The first-order valence-electron chi connectivity index (χ1n) is 10.8. The van der Waals surface area contributed by atoms with E-state index in [4.69, 9.17) is 4.98 Å². The average molecular weight is 370 g/mol. The van der Waals surface area contributed by atoms with Crippen LogP contribution in [0, 0.1) is 6.92 Å². The first-order valence-corrected chi connectivity index (χ1v) is 10.8. The molecule has 0 amide bonds. The zero-order valence-corrected chi connectivity index (χ0v) is 16.8. The van der Waals surface area contributed by atoms with Crippen LogP contribution in [0.15, 0.2) is 42.5 Å². The van der Waals surface area contributed by atoms with Crippen LogP contribution in [0.1, 0.15) is 56.0 Å². The van der Waals surface area contributed by atoms with Crippen LogP contribution in [0.2, 0.25) is 0 Å². The van der Waals surface area contributed by atoms with Crippen LogP contribution in [0.5, 0.6) is 0 Å². The molecular formula is C25H27N3. The van der Waals surface area contributed by atoms with Crippen LogP contribution < -0.4 is 4.90 Å². The molecule has 3 aliphatic rings. The van der Waals surface area contributed by atoms with Gasteiger partial charge in [-0.2, -0.15) is 0 Å². The maximum atomic E-state index is 4.93. The number of anilines is 2. The Balaban J connectivity index is 1.64. The molecule has 0 saturated heterocycles. The molecule has 1 aromatic heterocycles. The number of hydrogen-bond acceptors (Lipinski definition) is 2. The minimum Gasteiger partial charge on any atom is -0.336 e. The second-order valence-electron chi connectivity index (χ2n) is 8.87. The van der Waals surface area contributed by atoms with Crippen LogP contribution >= 0.6 is 0 Å². The summed E-state index contributed by atoms with van der Waals surface area (Å²) in [4.78, 5) is 7.58. The summed E-state index contributed by atoms with van der Waals surface area (Å²) >= 11 is 0. The van der Waals surface area contributed by atoms with Crippen LogP contribution in [0.3, 0.4) is 0 Å². The number of nitrogens with zero attached hydrogens (tertiary/aromatic N) is 3. The standard InChI is InChI=1S/C25H27N3/c1-17-12-13-20-24(27-16-8-11-22(27)26-20)23(17)28-18(2)25(14-6-3-7-15-25)19-9-4-5-10-21(19)28/h4-5,8-10,12-13,16,18H,3,6-7,11,14-15H2,1-2H3. The molecule has 1 saturated carbocycles. The summed E-state index contributed by atoms with van der Waals surface area (Å²) in [6.45, 7) is 4.72. The van der Waals surface area contributed by atoms with Crippen LogP contribution in [-0.2, 0) is 11.8 Å². The highest BCUT2D eigenvalue weighted by molar-refractivity contribution is 5.97. The molecule has 1 unspecified atom stereocenters. The minimum absolute atomic E-state index is 0.285. The number of fused-ring (bicyclic) bond motifs is 5. The molecular weight excluding hydrogens is 342 g/mol. The van der Waals surface area contributed by atoms with Gasteiger partial charge in [0, 0.05) is 29.8 Å². The van der Waals surface area contributed by atoms with Gasteiger partial charge in [0.1, 0.15) is 5.82 Å². The van der Waals surface area contributed by atoms with Crippen molar-refractivity contribution in [3.63, 3.8) is 0 Å². The summed E-state index contributed by atoms with van der Waals surface area (Å²) in [5.74, 6) is 1.16. The number of allylic oxidation sites excluding steroid dienone is 1. The molecule has 142 valence electrons. The second kappa shape index (κ2) is 5.73. The van der Waals surface area contributed by atoms with Crippen molar-refractivity contribution in [2.24, 2.45) is 0 Å². The molecule has 3 nitrogen and oxygen atoms in total. The Hall–Kier alpha value is -2.55. The summed E-state index contributed by atoms with van der Waals surface area (Å²) in [7, 11) is 0. The summed E-state index contributed by atoms with van der Waals surface area (Å²) < 4.78 is 2.32. The lowest BCUT2D eigenvalue weighted by atomic mass is 9.67. The number of hydrogen-bond donors (Lipinski definition) is 0. The maximum absolute atomic E-state index is 4.93. The Kier molecular flexibility index (Phi) is 3.36. The van der Waals surface area contributed by atoms with Gasteiger partial charge in [-0.15, -0.1) is 0 Å². The summed E-state index contributed by atoms with van der Waals surface area (Å²) in [5, 5.41) is 0. The predicted molar refractivity (Wildman–Crippen MR) is 116 cm³/mol. The molecule has 0 radical (unpaired) electrons. The fourth-order valence-corrected chi connectivity index (χ4v) is 6.16. The molecule has 0 N–H and O–H groups in total. The van der Waals surface area contributed by atoms with Gasteiger partial charge in [-0.25, -0.2) is 4.98 Å². The van der Waals surface area contributed by atoms with Gasteiger partial charge < -0.3 is 9.47 Å². The number of aryl methyl sites for hydroxylation is 1. The third-order valence-electron chi connectivity index (χ3n) is 7.53. The molecule has 1 fully saturated rings. The van der Waals surface area contributed by atoms with E-state index in [1.165, 1.54) is 54.6 Å². The Morgan fingerprint density at radius 1 is 1.04 bits per heavy atom. The Morgan fingerprint density at radius 2 is 1.86 bits per heavy atom. The molecule has 2 aromatic carbocycles. The van der Waals surface area contributed by atoms with Gasteiger partial charge in [0.25, 0.3) is 0 Å². The highest BCUT2D eigenvalue weighted by Crippen LogP contribution is 2.56. The smallest absolute Gasteiger partial charge is 0.117 e. The average Bonchev–Trinajstić information content (AvgIpc) is 3.37. The lowest BCUT2D eigenvalue weighted by Gasteiger charge is -2.40. The maximum Gasteiger partial charge on any atom is 0.117 e. The van der Waals surface area contributed by atoms with Crippen LogP contribution in [-0.4, -0.2) is 15.6 Å². The molecule has 28 heavy (non-hydrogen) atoms. The molecule has 1 atom stereocenters. The summed E-state index contributed by atoms with van der Waals surface area (Å²) in [6.07, 6.45) is 12.0. The quantitative estimate of drug-likeness (QED) is 0.516. The fourth-order valence-electron chi connectivity index (χ4n) is 6.16. The Labute approximate surface area is 166 Å². The molecule has 3 aromatic rings. The lowest BCUT2D eigenvalue weighted by Crippen LogP contribution is -2.42. The monoisotopic (exact) mass is 369 g/mol. The van der Waals surface area contributed by atoms with E-state index >= 15 is 0 Å². The lowest BCUT2D eigenvalue weighted by molar-refractivity contribution is 0.268. The molecule has 3 heteroatoms. The van der Waals surface area contributed by atoms with E-state index in [1.807, 2.05) is 0 Å². The van der Waals surface area contributed by atoms with E-state index in [2.05, 4.69) is 72.0 Å². The van der Waals surface area contributed by atoms with E-state index < -0.39 is 0 Å².